The molecular weight excluding hydrogens is 475 g/mol. The van der Waals surface area contributed by atoms with Crippen LogP contribution in [0.4, 0.5) is 23.7 Å². The van der Waals surface area contributed by atoms with Crippen molar-refractivity contribution in [2.24, 2.45) is 5.92 Å². The van der Waals surface area contributed by atoms with Crippen molar-refractivity contribution in [3.8, 4) is 0 Å². The number of alkyl halides is 2. The van der Waals surface area contributed by atoms with Crippen LogP contribution in [-0.4, -0.2) is 62.2 Å². The van der Waals surface area contributed by atoms with Crippen LogP contribution < -0.4 is 5.32 Å². The number of carbonyl (C=O) groups is 2. The first kappa shape index (κ1) is 23.9. The Labute approximate surface area is 198 Å². The van der Waals surface area contributed by atoms with Crippen molar-refractivity contribution < 1.29 is 27.9 Å². The minimum Gasteiger partial charge on any atom is -0.516 e. The number of rotatable bonds is 4. The van der Waals surface area contributed by atoms with Gasteiger partial charge in [0.05, 0.1) is 30.1 Å². The maximum Gasteiger partial charge on any atom is 0.322 e. The van der Waals surface area contributed by atoms with E-state index < -0.39 is 36.6 Å². The summed E-state index contributed by atoms with van der Waals surface area (Å²) < 4.78 is 41.3. The molecule has 2 aliphatic heterocycles. The van der Waals surface area contributed by atoms with Crippen molar-refractivity contribution in [2.75, 3.05) is 18.4 Å². The fraction of sp³-hybridized carbons (Fsp3) is 0.409. The molecule has 2 atom stereocenters. The number of aliphatic hydroxyl groups excluding tert-OH is 1. The van der Waals surface area contributed by atoms with Crippen LogP contribution in [0.2, 0.25) is 5.02 Å². The number of benzene rings is 1. The monoisotopic (exact) mass is 497 g/mol. The lowest BCUT2D eigenvalue weighted by Crippen LogP contribution is -2.45. The maximum absolute atomic E-state index is 13.4. The largest absolute Gasteiger partial charge is 0.516 e. The lowest BCUT2D eigenvalue weighted by Gasteiger charge is -2.33. The molecule has 4 rings (SSSR count). The third-order valence-electron chi connectivity index (χ3n) is 5.98. The maximum atomic E-state index is 13.4. The Morgan fingerprint density at radius 1 is 1.38 bits per heavy atom. The molecule has 2 N–H and O–H groups in total. The number of aliphatic hydroxyl groups is 1. The fourth-order valence-electron chi connectivity index (χ4n) is 4.37. The molecule has 1 unspecified atom stereocenters. The minimum atomic E-state index is -2.72. The van der Waals surface area contributed by atoms with Crippen LogP contribution in [0.5, 0.6) is 0 Å². The highest BCUT2D eigenvalue weighted by Gasteiger charge is 2.38. The van der Waals surface area contributed by atoms with Gasteiger partial charge >= 0.3 is 6.03 Å². The van der Waals surface area contributed by atoms with E-state index in [0.717, 1.165) is 17.2 Å². The molecule has 0 fully saturated rings. The summed E-state index contributed by atoms with van der Waals surface area (Å²) in [5, 5.41) is 16.3. The number of aromatic nitrogens is 2. The molecule has 0 radical (unpaired) electrons. The number of hydrogen-bond acceptors (Lipinski definition) is 4. The summed E-state index contributed by atoms with van der Waals surface area (Å²) in [5.41, 5.74) is 1.60. The minimum absolute atomic E-state index is 0.00426. The predicted octanol–water partition coefficient (Wildman–Crippen LogP) is 4.06. The zero-order chi connectivity index (χ0) is 24.6. The lowest BCUT2D eigenvalue weighted by molar-refractivity contribution is 0.0538. The van der Waals surface area contributed by atoms with Gasteiger partial charge in [0.15, 0.2) is 0 Å². The van der Waals surface area contributed by atoms with E-state index in [-0.39, 0.29) is 36.4 Å². The first-order chi connectivity index (χ1) is 16.2. The summed E-state index contributed by atoms with van der Waals surface area (Å²) in [5.74, 6) is -1.61. The Morgan fingerprint density at radius 2 is 2.15 bits per heavy atom. The van der Waals surface area contributed by atoms with Crippen molar-refractivity contribution in [1.82, 2.24) is 19.6 Å². The van der Waals surface area contributed by atoms with Gasteiger partial charge in [-0.25, -0.2) is 18.0 Å². The van der Waals surface area contributed by atoms with Gasteiger partial charge < -0.3 is 20.2 Å². The standard InChI is InChI=1S/C22H23ClF3N5O3/c1-12-6-18-15(10-30(12)22(34)27-14-2-3-17(24)16(23)7-14)20-21(33)29(11-19(25)26)8-13(4-5-32)9-31(20)28-18/h2-5,7,12-13,19,32H,6,8-11H2,1H3,(H,27,34)/b5-4+/t12-,13?/m1/s1. The molecule has 2 aliphatic rings. The van der Waals surface area contributed by atoms with Crippen LogP contribution in [0.15, 0.2) is 30.5 Å². The van der Waals surface area contributed by atoms with Gasteiger partial charge in [-0.05, 0) is 31.2 Å². The first-order valence-electron chi connectivity index (χ1n) is 10.7. The molecule has 34 heavy (non-hydrogen) atoms. The highest BCUT2D eigenvalue weighted by atomic mass is 35.5. The number of nitrogens with one attached hydrogen (secondary N) is 1. The van der Waals surface area contributed by atoms with E-state index in [1.165, 1.54) is 27.8 Å². The molecule has 0 spiro atoms. The molecule has 1 aromatic heterocycles. The summed E-state index contributed by atoms with van der Waals surface area (Å²) in [6, 6.07) is 3.06. The van der Waals surface area contributed by atoms with Crippen molar-refractivity contribution >= 4 is 29.2 Å². The summed E-state index contributed by atoms with van der Waals surface area (Å²) >= 11 is 5.79. The molecular formula is C22H23ClF3N5O3. The topological polar surface area (TPSA) is 90.7 Å². The number of halogens is 4. The van der Waals surface area contributed by atoms with Gasteiger partial charge in [0, 0.05) is 42.7 Å². The van der Waals surface area contributed by atoms with Gasteiger partial charge in [-0.2, -0.15) is 5.10 Å². The molecule has 0 saturated carbocycles. The molecule has 0 bridgehead atoms. The fourth-order valence-corrected chi connectivity index (χ4v) is 4.55. The number of anilines is 1. The number of nitrogens with zero attached hydrogens (tertiary/aromatic N) is 4. The van der Waals surface area contributed by atoms with Gasteiger partial charge in [-0.1, -0.05) is 11.6 Å². The summed E-state index contributed by atoms with van der Waals surface area (Å²) in [4.78, 5) is 28.8. The first-order valence-corrected chi connectivity index (χ1v) is 11.0. The quantitative estimate of drug-likeness (QED) is 0.623. The summed E-state index contributed by atoms with van der Waals surface area (Å²) in [7, 11) is 0. The van der Waals surface area contributed by atoms with E-state index in [1.807, 2.05) is 6.92 Å². The van der Waals surface area contributed by atoms with E-state index >= 15 is 0 Å². The van der Waals surface area contributed by atoms with Crippen LogP contribution in [0.25, 0.3) is 0 Å². The second-order valence-corrected chi connectivity index (χ2v) is 8.81. The third kappa shape index (κ3) is 4.70. The Kier molecular flexibility index (Phi) is 6.74. The third-order valence-corrected chi connectivity index (χ3v) is 6.27. The molecule has 3 heterocycles. The van der Waals surface area contributed by atoms with E-state index in [9.17, 15) is 27.9 Å². The SMILES string of the molecule is C[C@@H]1Cc2nn3c(c2CN1C(=O)Nc1ccc(F)c(Cl)c1)C(=O)N(CC(F)F)CC(/C=C/O)C3. The van der Waals surface area contributed by atoms with Crippen LogP contribution in [-0.2, 0) is 19.5 Å². The molecule has 182 valence electrons. The molecule has 1 aromatic carbocycles. The average molecular weight is 498 g/mol. The average Bonchev–Trinajstić information content (AvgIpc) is 3.04. The van der Waals surface area contributed by atoms with Gasteiger partial charge in [0.25, 0.3) is 12.3 Å². The second-order valence-electron chi connectivity index (χ2n) is 8.40. The highest BCUT2D eigenvalue weighted by Crippen LogP contribution is 2.30. The number of carbonyl (C=O) groups excluding carboxylic acids is 2. The number of urea groups is 1. The Morgan fingerprint density at radius 3 is 2.82 bits per heavy atom. The van der Waals surface area contributed by atoms with Crippen molar-refractivity contribution in [2.45, 2.75) is 38.9 Å². The van der Waals surface area contributed by atoms with Crippen LogP contribution in [0, 0.1) is 11.7 Å². The van der Waals surface area contributed by atoms with Crippen LogP contribution >= 0.6 is 11.6 Å². The molecule has 12 heteroatoms. The van der Waals surface area contributed by atoms with Crippen molar-refractivity contribution in [3.05, 3.63) is 58.3 Å². The van der Waals surface area contributed by atoms with Gasteiger partial charge in [-0.15, -0.1) is 0 Å². The Bertz CT molecular complexity index is 1140. The van der Waals surface area contributed by atoms with E-state index in [1.54, 1.807) is 0 Å². The van der Waals surface area contributed by atoms with Crippen molar-refractivity contribution in [3.63, 3.8) is 0 Å². The normalized spacial score (nSPS) is 20.5. The van der Waals surface area contributed by atoms with E-state index in [4.69, 9.17) is 11.6 Å². The summed E-state index contributed by atoms with van der Waals surface area (Å²) in [6.07, 6.45) is -0.0921. The predicted molar refractivity (Wildman–Crippen MR) is 119 cm³/mol. The van der Waals surface area contributed by atoms with Gasteiger partial charge in [0.1, 0.15) is 11.5 Å². The van der Waals surface area contributed by atoms with Gasteiger partial charge in [-0.3, -0.25) is 9.48 Å². The van der Waals surface area contributed by atoms with Crippen molar-refractivity contribution in [1.29, 1.82) is 0 Å². The lowest BCUT2D eigenvalue weighted by atomic mass is 9.99. The van der Waals surface area contributed by atoms with Crippen LogP contribution in [0.3, 0.4) is 0 Å². The number of amides is 3. The Balaban J connectivity index is 1.64. The zero-order valence-corrected chi connectivity index (χ0v) is 19.0. The van der Waals surface area contributed by atoms with E-state index in [0.29, 0.717) is 23.4 Å². The molecule has 2 aromatic rings. The summed E-state index contributed by atoms with van der Waals surface area (Å²) in [6.45, 7) is 1.35. The molecule has 0 aliphatic carbocycles. The van der Waals surface area contributed by atoms with E-state index in [2.05, 4.69) is 10.4 Å². The second kappa shape index (κ2) is 9.57. The molecule has 8 nitrogen and oxygen atoms in total. The Hall–Kier alpha value is -3.21. The van der Waals surface area contributed by atoms with Gasteiger partial charge in [0.2, 0.25) is 0 Å². The molecule has 0 saturated heterocycles. The van der Waals surface area contributed by atoms with Crippen LogP contribution in [0.1, 0.15) is 28.7 Å². The number of fused-ring (bicyclic) bond motifs is 3. The zero-order valence-electron chi connectivity index (χ0n) is 18.2. The molecule has 3 amide bonds. The highest BCUT2D eigenvalue weighted by molar-refractivity contribution is 6.31. The number of hydrogen-bond donors (Lipinski definition) is 2. The smallest absolute Gasteiger partial charge is 0.322 e.